The van der Waals surface area contributed by atoms with E-state index in [9.17, 15) is 8.78 Å². The van der Waals surface area contributed by atoms with Gasteiger partial charge in [0.25, 0.3) is 6.43 Å². The predicted octanol–water partition coefficient (Wildman–Crippen LogP) is 3.48. The molecule has 0 radical (unpaired) electrons. The second-order valence-electron chi connectivity index (χ2n) is 3.72. The average molecular weight is 293 g/mol. The van der Waals surface area contributed by atoms with E-state index in [2.05, 4.69) is 9.97 Å². The zero-order valence-electron chi connectivity index (χ0n) is 9.62. The molecule has 0 aromatic carbocycles. The lowest BCUT2D eigenvalue weighted by atomic mass is 10.3. The molecule has 98 valence electrons. The van der Waals surface area contributed by atoms with Gasteiger partial charge in [-0.1, -0.05) is 11.6 Å². The number of rotatable bonds is 5. The van der Waals surface area contributed by atoms with Gasteiger partial charge >= 0.3 is 0 Å². The summed E-state index contributed by atoms with van der Waals surface area (Å²) in [5.41, 5.74) is 0. The highest BCUT2D eigenvalue weighted by Crippen LogP contribution is 2.28. The summed E-state index contributed by atoms with van der Waals surface area (Å²) in [5, 5.41) is 1.23. The highest BCUT2D eigenvalue weighted by Gasteiger charge is 2.09. The number of hydrogen-bond donors (Lipinski definition) is 0. The molecule has 7 heteroatoms. The molecule has 0 aliphatic heterocycles. The van der Waals surface area contributed by atoms with E-state index in [-0.39, 0.29) is 6.61 Å². The molecule has 0 saturated carbocycles. The number of hydrogen-bond acceptors (Lipinski definition) is 4. The molecule has 0 amide bonds. The molecule has 0 bridgehead atoms. The monoisotopic (exact) mass is 292 g/mol. The van der Waals surface area contributed by atoms with Crippen LogP contribution in [0.5, 0.6) is 0 Å². The maximum Gasteiger partial charge on any atom is 0.261 e. The van der Waals surface area contributed by atoms with E-state index in [0.29, 0.717) is 17.4 Å². The summed E-state index contributed by atoms with van der Waals surface area (Å²) in [4.78, 5) is 10.4. The Morgan fingerprint density at radius 3 is 2.94 bits per heavy atom. The van der Waals surface area contributed by atoms with Crippen LogP contribution >= 0.6 is 22.9 Å². The van der Waals surface area contributed by atoms with Gasteiger partial charge in [-0.2, -0.15) is 0 Å². The number of thiophene rings is 1. The van der Waals surface area contributed by atoms with Crippen molar-refractivity contribution in [1.82, 2.24) is 9.97 Å². The number of aryl methyl sites for hydroxylation is 1. The Kier molecular flexibility index (Phi) is 4.42. The molecule has 0 unspecified atom stereocenters. The van der Waals surface area contributed by atoms with Crippen LogP contribution in [0.4, 0.5) is 8.78 Å². The van der Waals surface area contributed by atoms with Gasteiger partial charge in [0.05, 0.1) is 6.61 Å². The van der Waals surface area contributed by atoms with Crippen molar-refractivity contribution >= 4 is 33.2 Å². The third-order valence-corrected chi connectivity index (χ3v) is 3.46. The molecule has 3 nitrogen and oxygen atoms in total. The van der Waals surface area contributed by atoms with Gasteiger partial charge in [0, 0.05) is 16.7 Å². The van der Waals surface area contributed by atoms with Crippen molar-refractivity contribution in [3.63, 3.8) is 0 Å². The maximum atomic E-state index is 11.9. The number of alkyl halides is 2. The zero-order chi connectivity index (χ0) is 13.1. The van der Waals surface area contributed by atoms with Crippen LogP contribution in [0, 0.1) is 6.92 Å². The molecular formula is C11H11ClF2N2OS. The topological polar surface area (TPSA) is 35.0 Å². The Morgan fingerprint density at radius 2 is 2.22 bits per heavy atom. The van der Waals surface area contributed by atoms with Crippen LogP contribution in [0.3, 0.4) is 0 Å². The minimum absolute atomic E-state index is 0.163. The Morgan fingerprint density at radius 1 is 1.44 bits per heavy atom. The molecule has 0 aliphatic rings. The van der Waals surface area contributed by atoms with E-state index in [0.717, 1.165) is 15.1 Å². The average Bonchev–Trinajstić information content (AvgIpc) is 2.65. The quantitative estimate of drug-likeness (QED) is 0.625. The van der Waals surface area contributed by atoms with Crippen LogP contribution in [0.1, 0.15) is 10.7 Å². The molecule has 0 fully saturated rings. The summed E-state index contributed by atoms with van der Waals surface area (Å²) in [7, 11) is 0. The zero-order valence-corrected chi connectivity index (χ0v) is 11.2. The van der Waals surface area contributed by atoms with E-state index in [4.69, 9.17) is 16.3 Å². The van der Waals surface area contributed by atoms with Crippen LogP contribution in [-0.4, -0.2) is 29.6 Å². The van der Waals surface area contributed by atoms with Crippen molar-refractivity contribution in [2.75, 3.05) is 13.2 Å². The van der Waals surface area contributed by atoms with E-state index >= 15 is 0 Å². The summed E-state index contributed by atoms with van der Waals surface area (Å²) in [5.74, 6) is 0.517. The maximum absolute atomic E-state index is 11.9. The van der Waals surface area contributed by atoms with E-state index in [1.54, 1.807) is 0 Å². The summed E-state index contributed by atoms with van der Waals surface area (Å²) >= 11 is 7.56. The fraction of sp³-hybridized carbons (Fsp3) is 0.455. The fourth-order valence-electron chi connectivity index (χ4n) is 1.50. The van der Waals surface area contributed by atoms with Crippen LogP contribution in [0.2, 0.25) is 5.15 Å². The van der Waals surface area contributed by atoms with Gasteiger partial charge < -0.3 is 4.74 Å². The molecule has 2 aromatic heterocycles. The number of halogens is 3. The van der Waals surface area contributed by atoms with Crippen LogP contribution in [-0.2, 0) is 11.2 Å². The minimum Gasteiger partial charge on any atom is -0.375 e. The second-order valence-corrected chi connectivity index (χ2v) is 5.32. The number of fused-ring (bicyclic) bond motifs is 1. The second kappa shape index (κ2) is 5.86. The Hall–Kier alpha value is -0.850. The third kappa shape index (κ3) is 3.34. The molecule has 0 spiro atoms. The molecule has 0 N–H and O–H groups in total. The first-order valence-corrected chi connectivity index (χ1v) is 6.54. The first-order chi connectivity index (χ1) is 8.56. The Bertz CT molecular complexity index is 547. The highest BCUT2D eigenvalue weighted by molar-refractivity contribution is 7.18. The summed E-state index contributed by atoms with van der Waals surface area (Å²) in [6.07, 6.45) is -2.07. The van der Waals surface area contributed by atoms with Crippen molar-refractivity contribution < 1.29 is 13.5 Å². The van der Waals surface area contributed by atoms with Gasteiger partial charge in [-0.05, 0) is 13.0 Å². The van der Waals surface area contributed by atoms with Crippen molar-refractivity contribution in [2.45, 2.75) is 19.8 Å². The Labute approximate surface area is 112 Å². The summed E-state index contributed by atoms with van der Waals surface area (Å²) < 4.78 is 28.5. The largest absolute Gasteiger partial charge is 0.375 e. The SMILES string of the molecule is Cc1cc2c(Cl)nc(CCOCC(F)F)nc2s1. The number of nitrogens with zero attached hydrogens (tertiary/aromatic N) is 2. The molecule has 0 aliphatic carbocycles. The normalized spacial score (nSPS) is 11.6. The first-order valence-electron chi connectivity index (χ1n) is 5.34. The molecular weight excluding hydrogens is 282 g/mol. The fourth-order valence-corrected chi connectivity index (χ4v) is 2.69. The Balaban J connectivity index is 2.05. The van der Waals surface area contributed by atoms with Crippen LogP contribution in [0.15, 0.2) is 6.07 Å². The van der Waals surface area contributed by atoms with E-state index in [1.165, 1.54) is 11.3 Å². The van der Waals surface area contributed by atoms with Gasteiger partial charge in [-0.3, -0.25) is 0 Å². The van der Waals surface area contributed by atoms with Crippen molar-refractivity contribution in [3.8, 4) is 0 Å². The van der Waals surface area contributed by atoms with Crippen molar-refractivity contribution in [1.29, 1.82) is 0 Å². The van der Waals surface area contributed by atoms with Gasteiger partial charge in [0.2, 0.25) is 0 Å². The van der Waals surface area contributed by atoms with Crippen molar-refractivity contribution in [2.24, 2.45) is 0 Å². The first kappa shape index (κ1) is 13.6. The number of ether oxygens (including phenoxy) is 1. The van der Waals surface area contributed by atoms with Crippen LogP contribution < -0.4 is 0 Å². The summed E-state index contributed by atoms with van der Waals surface area (Å²) in [6, 6.07) is 1.93. The highest BCUT2D eigenvalue weighted by atomic mass is 35.5. The van der Waals surface area contributed by atoms with E-state index < -0.39 is 13.0 Å². The molecule has 0 saturated heterocycles. The molecule has 18 heavy (non-hydrogen) atoms. The summed E-state index contributed by atoms with van der Waals surface area (Å²) in [6.45, 7) is 1.57. The predicted molar refractivity (Wildman–Crippen MR) is 67.7 cm³/mol. The van der Waals surface area contributed by atoms with Gasteiger partial charge in [-0.25, -0.2) is 18.7 Å². The molecule has 0 atom stereocenters. The lowest BCUT2D eigenvalue weighted by Gasteiger charge is -2.03. The van der Waals surface area contributed by atoms with Gasteiger partial charge in [0.1, 0.15) is 22.4 Å². The van der Waals surface area contributed by atoms with E-state index in [1.807, 2.05) is 13.0 Å². The molecule has 2 aromatic rings. The van der Waals surface area contributed by atoms with Gasteiger partial charge in [0.15, 0.2) is 0 Å². The van der Waals surface area contributed by atoms with Crippen molar-refractivity contribution in [3.05, 3.63) is 21.9 Å². The van der Waals surface area contributed by atoms with Crippen LogP contribution in [0.25, 0.3) is 10.2 Å². The number of aromatic nitrogens is 2. The molecule has 2 rings (SSSR count). The molecule has 2 heterocycles. The minimum atomic E-state index is -2.45. The lowest BCUT2D eigenvalue weighted by Crippen LogP contribution is -2.08. The van der Waals surface area contributed by atoms with Gasteiger partial charge in [-0.15, -0.1) is 11.3 Å². The third-order valence-electron chi connectivity index (χ3n) is 2.23. The smallest absolute Gasteiger partial charge is 0.261 e. The standard InChI is InChI=1S/C11H11ClF2N2OS/c1-6-4-7-10(12)15-9(16-11(7)18-6)2-3-17-5-8(13)14/h4,8H,2-3,5H2,1H3. The lowest BCUT2D eigenvalue weighted by molar-refractivity contribution is 0.0183.